The van der Waals surface area contributed by atoms with Crippen molar-refractivity contribution >= 4 is 11.3 Å². The van der Waals surface area contributed by atoms with Crippen molar-refractivity contribution in [2.75, 3.05) is 0 Å². The van der Waals surface area contributed by atoms with Crippen LogP contribution in [0.4, 0.5) is 4.39 Å². The van der Waals surface area contributed by atoms with E-state index in [2.05, 4.69) is 11.9 Å². The van der Waals surface area contributed by atoms with Crippen LogP contribution in [0.3, 0.4) is 0 Å². The first-order valence-corrected chi connectivity index (χ1v) is 6.89. The fraction of sp³-hybridized carbons (Fsp3) is 0.357. The van der Waals surface area contributed by atoms with Gasteiger partial charge in [-0.05, 0) is 25.5 Å². The average molecular weight is 264 g/mol. The van der Waals surface area contributed by atoms with Gasteiger partial charge in [-0.15, -0.1) is 11.3 Å². The van der Waals surface area contributed by atoms with E-state index in [0.29, 0.717) is 0 Å². The number of nitrogens with two attached hydrogens (primary N) is 1. The normalized spacial score (nSPS) is 12.7. The SMILES string of the molecule is CCC(N)Cc1nc(-c2cccc(F)c2)c(C)s1. The second-order valence-corrected chi connectivity index (χ2v) is 5.68. The van der Waals surface area contributed by atoms with Crippen LogP contribution in [-0.2, 0) is 6.42 Å². The van der Waals surface area contributed by atoms with Gasteiger partial charge in [0.1, 0.15) is 5.82 Å². The number of aryl methyl sites for hydroxylation is 1. The van der Waals surface area contributed by atoms with Gasteiger partial charge >= 0.3 is 0 Å². The molecule has 1 aromatic carbocycles. The molecule has 1 aromatic heterocycles. The summed E-state index contributed by atoms with van der Waals surface area (Å²) in [6.45, 7) is 4.08. The van der Waals surface area contributed by atoms with Gasteiger partial charge in [0.2, 0.25) is 0 Å². The molecule has 0 bridgehead atoms. The lowest BCUT2D eigenvalue weighted by Gasteiger charge is -2.04. The van der Waals surface area contributed by atoms with Crippen molar-refractivity contribution in [2.45, 2.75) is 32.7 Å². The Morgan fingerprint density at radius 3 is 2.89 bits per heavy atom. The Morgan fingerprint density at radius 2 is 2.22 bits per heavy atom. The highest BCUT2D eigenvalue weighted by Crippen LogP contribution is 2.28. The van der Waals surface area contributed by atoms with Crippen LogP contribution >= 0.6 is 11.3 Å². The summed E-state index contributed by atoms with van der Waals surface area (Å²) in [6, 6.07) is 6.70. The minimum Gasteiger partial charge on any atom is -0.327 e. The van der Waals surface area contributed by atoms with Crippen molar-refractivity contribution in [3.05, 3.63) is 40.0 Å². The van der Waals surface area contributed by atoms with Crippen LogP contribution in [0.1, 0.15) is 23.2 Å². The number of rotatable bonds is 4. The monoisotopic (exact) mass is 264 g/mol. The molecule has 96 valence electrons. The van der Waals surface area contributed by atoms with Crippen LogP contribution in [0.25, 0.3) is 11.3 Å². The molecule has 0 aliphatic rings. The largest absolute Gasteiger partial charge is 0.327 e. The molecule has 1 heterocycles. The molecule has 18 heavy (non-hydrogen) atoms. The third kappa shape index (κ3) is 2.94. The molecule has 2 N–H and O–H groups in total. The first kappa shape index (κ1) is 13.2. The third-order valence-corrected chi connectivity index (χ3v) is 3.89. The summed E-state index contributed by atoms with van der Waals surface area (Å²) in [7, 11) is 0. The van der Waals surface area contributed by atoms with Crippen molar-refractivity contribution < 1.29 is 4.39 Å². The fourth-order valence-corrected chi connectivity index (χ4v) is 2.86. The number of aromatic nitrogens is 1. The maximum Gasteiger partial charge on any atom is 0.123 e. The van der Waals surface area contributed by atoms with Gasteiger partial charge < -0.3 is 5.73 Å². The average Bonchev–Trinajstić information content (AvgIpc) is 2.70. The van der Waals surface area contributed by atoms with Crippen molar-refractivity contribution in [2.24, 2.45) is 5.73 Å². The molecule has 0 spiro atoms. The summed E-state index contributed by atoms with van der Waals surface area (Å²) in [6.07, 6.45) is 1.73. The lowest BCUT2D eigenvalue weighted by Crippen LogP contribution is -2.21. The maximum atomic E-state index is 13.2. The molecule has 0 fully saturated rings. The van der Waals surface area contributed by atoms with Crippen LogP contribution in [0.5, 0.6) is 0 Å². The summed E-state index contributed by atoms with van der Waals surface area (Å²) >= 11 is 1.65. The predicted octanol–water partition coefficient (Wildman–Crippen LogP) is 3.54. The first-order valence-electron chi connectivity index (χ1n) is 6.08. The molecule has 0 aliphatic carbocycles. The lowest BCUT2D eigenvalue weighted by molar-refractivity contribution is 0.628. The van der Waals surface area contributed by atoms with E-state index < -0.39 is 0 Å². The van der Waals surface area contributed by atoms with Crippen molar-refractivity contribution in [3.63, 3.8) is 0 Å². The minimum atomic E-state index is -0.230. The molecule has 4 heteroatoms. The first-order chi connectivity index (χ1) is 8.60. The minimum absolute atomic E-state index is 0.149. The fourth-order valence-electron chi connectivity index (χ4n) is 1.81. The topological polar surface area (TPSA) is 38.9 Å². The second-order valence-electron chi connectivity index (χ2n) is 4.40. The van der Waals surface area contributed by atoms with Gasteiger partial charge in [-0.1, -0.05) is 19.1 Å². The number of nitrogens with zero attached hydrogens (tertiary/aromatic N) is 1. The summed E-state index contributed by atoms with van der Waals surface area (Å²) in [5.74, 6) is -0.230. The van der Waals surface area contributed by atoms with Crippen molar-refractivity contribution in [3.8, 4) is 11.3 Å². The lowest BCUT2D eigenvalue weighted by atomic mass is 10.1. The molecular weight excluding hydrogens is 247 g/mol. The van der Waals surface area contributed by atoms with E-state index in [9.17, 15) is 4.39 Å². The third-order valence-electron chi connectivity index (χ3n) is 2.90. The van der Waals surface area contributed by atoms with Gasteiger partial charge in [0, 0.05) is 22.9 Å². The second kappa shape index (κ2) is 5.59. The van der Waals surface area contributed by atoms with Gasteiger partial charge in [0.05, 0.1) is 10.7 Å². The zero-order chi connectivity index (χ0) is 13.1. The molecule has 0 aliphatic heterocycles. The molecular formula is C14H17FN2S. The van der Waals surface area contributed by atoms with Crippen LogP contribution in [0.15, 0.2) is 24.3 Å². The highest BCUT2D eigenvalue weighted by atomic mass is 32.1. The van der Waals surface area contributed by atoms with Crippen molar-refractivity contribution in [1.29, 1.82) is 0 Å². The molecule has 1 atom stereocenters. The van der Waals surface area contributed by atoms with Crippen LogP contribution in [0, 0.1) is 12.7 Å². The van der Waals surface area contributed by atoms with E-state index in [4.69, 9.17) is 5.73 Å². The van der Waals surface area contributed by atoms with E-state index in [-0.39, 0.29) is 11.9 Å². The van der Waals surface area contributed by atoms with E-state index >= 15 is 0 Å². The smallest absolute Gasteiger partial charge is 0.123 e. The Hall–Kier alpha value is -1.26. The number of thiazole rings is 1. The zero-order valence-electron chi connectivity index (χ0n) is 10.6. The van der Waals surface area contributed by atoms with Crippen LogP contribution < -0.4 is 5.73 Å². The molecule has 0 saturated heterocycles. The quantitative estimate of drug-likeness (QED) is 0.917. The van der Waals surface area contributed by atoms with Crippen molar-refractivity contribution in [1.82, 2.24) is 4.98 Å². The molecule has 0 saturated carbocycles. The van der Waals surface area contributed by atoms with Gasteiger partial charge in [0.15, 0.2) is 0 Å². The number of benzene rings is 1. The zero-order valence-corrected chi connectivity index (χ0v) is 11.4. The predicted molar refractivity (Wildman–Crippen MR) is 74.2 cm³/mol. The highest BCUT2D eigenvalue weighted by molar-refractivity contribution is 7.12. The number of halogens is 1. The highest BCUT2D eigenvalue weighted by Gasteiger charge is 2.12. The van der Waals surface area contributed by atoms with E-state index in [0.717, 1.165) is 34.0 Å². The molecule has 0 radical (unpaired) electrons. The van der Waals surface area contributed by atoms with Gasteiger partial charge in [0.25, 0.3) is 0 Å². The molecule has 1 unspecified atom stereocenters. The Kier molecular flexibility index (Phi) is 4.09. The van der Waals surface area contributed by atoms with Gasteiger partial charge in [-0.3, -0.25) is 0 Å². The Bertz CT molecular complexity index is 536. The van der Waals surface area contributed by atoms with Crippen LogP contribution in [0.2, 0.25) is 0 Å². The van der Waals surface area contributed by atoms with E-state index in [1.807, 2.05) is 13.0 Å². The summed E-state index contributed by atoms with van der Waals surface area (Å²) in [5, 5.41) is 1.03. The Labute approximate surface area is 111 Å². The van der Waals surface area contributed by atoms with Gasteiger partial charge in [-0.2, -0.15) is 0 Å². The molecule has 2 nitrogen and oxygen atoms in total. The Morgan fingerprint density at radius 1 is 1.44 bits per heavy atom. The number of hydrogen-bond acceptors (Lipinski definition) is 3. The standard InChI is InChI=1S/C14H17FN2S/c1-3-12(16)8-13-17-14(9(2)18-13)10-5-4-6-11(15)7-10/h4-7,12H,3,8,16H2,1-2H3. The molecule has 2 rings (SSSR count). The molecule has 0 amide bonds. The van der Waals surface area contributed by atoms with Gasteiger partial charge in [-0.25, -0.2) is 9.37 Å². The van der Waals surface area contributed by atoms with E-state index in [1.54, 1.807) is 17.4 Å². The molecule has 2 aromatic rings. The Balaban J connectivity index is 2.29. The summed E-state index contributed by atoms with van der Waals surface area (Å²) in [4.78, 5) is 5.69. The summed E-state index contributed by atoms with van der Waals surface area (Å²) in [5.41, 5.74) is 7.64. The summed E-state index contributed by atoms with van der Waals surface area (Å²) < 4.78 is 13.2. The van der Waals surface area contributed by atoms with E-state index in [1.165, 1.54) is 12.1 Å². The number of hydrogen-bond donors (Lipinski definition) is 1. The van der Waals surface area contributed by atoms with Crippen LogP contribution in [-0.4, -0.2) is 11.0 Å². The maximum absolute atomic E-state index is 13.2.